The van der Waals surface area contributed by atoms with Gasteiger partial charge in [0.1, 0.15) is 0 Å². The molecule has 0 saturated heterocycles. The lowest BCUT2D eigenvalue weighted by atomic mass is 10.2. The number of carboxylic acid groups (broad SMARTS) is 1. The van der Waals surface area contributed by atoms with Gasteiger partial charge in [0.2, 0.25) is 0 Å². The Morgan fingerprint density at radius 1 is 1.12 bits per heavy atom. The van der Waals surface area contributed by atoms with Gasteiger partial charge in [-0.25, -0.2) is 0 Å². The summed E-state index contributed by atoms with van der Waals surface area (Å²) < 4.78 is 5.35. The number of hydrogen-bond acceptors (Lipinski definition) is 3. The lowest BCUT2D eigenvalue weighted by Crippen LogP contribution is -2.18. The van der Waals surface area contributed by atoms with Crippen molar-refractivity contribution in [2.45, 2.75) is 45.4 Å². The van der Waals surface area contributed by atoms with Crippen molar-refractivity contribution in [2.75, 3.05) is 26.3 Å². The zero-order chi connectivity index (χ0) is 12.1. The van der Waals surface area contributed by atoms with Gasteiger partial charge >= 0.3 is 5.97 Å². The monoisotopic (exact) mass is 231 g/mol. The molecule has 0 bridgehead atoms. The molecular weight excluding hydrogens is 206 g/mol. The Kier molecular flexibility index (Phi) is 12.0. The van der Waals surface area contributed by atoms with E-state index in [1.165, 1.54) is 0 Å². The Balaban J connectivity index is 2.90. The first-order valence-electron chi connectivity index (χ1n) is 6.27. The van der Waals surface area contributed by atoms with Gasteiger partial charge in [0.15, 0.2) is 0 Å². The molecule has 0 aliphatic carbocycles. The van der Waals surface area contributed by atoms with Gasteiger partial charge in [0.05, 0.1) is 0 Å². The summed E-state index contributed by atoms with van der Waals surface area (Å²) in [6.07, 6.45) is 5.27. The smallest absolute Gasteiger partial charge is 0.303 e. The third-order valence-electron chi connectivity index (χ3n) is 2.23. The van der Waals surface area contributed by atoms with Crippen LogP contribution in [0.1, 0.15) is 45.4 Å². The van der Waals surface area contributed by atoms with E-state index in [1.807, 2.05) is 0 Å². The van der Waals surface area contributed by atoms with Gasteiger partial charge in [-0.15, -0.1) is 0 Å². The van der Waals surface area contributed by atoms with Crippen molar-refractivity contribution in [3.8, 4) is 0 Å². The van der Waals surface area contributed by atoms with E-state index < -0.39 is 5.97 Å². The highest BCUT2D eigenvalue weighted by molar-refractivity contribution is 5.66. The summed E-state index contributed by atoms with van der Waals surface area (Å²) in [5.74, 6) is -0.693. The lowest BCUT2D eigenvalue weighted by molar-refractivity contribution is -0.137. The molecule has 0 saturated carbocycles. The van der Waals surface area contributed by atoms with Crippen molar-refractivity contribution in [1.82, 2.24) is 5.32 Å². The fourth-order valence-electron chi connectivity index (χ4n) is 1.37. The molecule has 0 heterocycles. The van der Waals surface area contributed by atoms with Crippen molar-refractivity contribution in [3.05, 3.63) is 0 Å². The molecule has 0 amide bonds. The fourth-order valence-corrected chi connectivity index (χ4v) is 1.37. The van der Waals surface area contributed by atoms with Crippen LogP contribution in [0.25, 0.3) is 0 Å². The normalized spacial score (nSPS) is 10.6. The van der Waals surface area contributed by atoms with Crippen LogP contribution < -0.4 is 5.32 Å². The molecule has 0 rings (SSSR count). The van der Waals surface area contributed by atoms with E-state index in [0.29, 0.717) is 6.42 Å². The lowest BCUT2D eigenvalue weighted by Gasteiger charge is -2.04. The van der Waals surface area contributed by atoms with Crippen LogP contribution in [0.4, 0.5) is 0 Å². The Morgan fingerprint density at radius 2 is 1.88 bits per heavy atom. The predicted molar refractivity (Wildman–Crippen MR) is 64.7 cm³/mol. The maximum absolute atomic E-state index is 10.2. The number of carbonyl (C=O) groups is 1. The van der Waals surface area contributed by atoms with Crippen LogP contribution >= 0.6 is 0 Å². The van der Waals surface area contributed by atoms with Crippen LogP contribution in [-0.4, -0.2) is 37.4 Å². The number of unbranched alkanes of at least 4 members (excludes halogenated alkanes) is 2. The fraction of sp³-hybridized carbons (Fsp3) is 0.917. The third-order valence-corrected chi connectivity index (χ3v) is 2.23. The van der Waals surface area contributed by atoms with E-state index in [-0.39, 0.29) is 0 Å². The summed E-state index contributed by atoms with van der Waals surface area (Å²) >= 11 is 0. The molecular formula is C12H25NO3. The maximum atomic E-state index is 10.2. The van der Waals surface area contributed by atoms with E-state index in [4.69, 9.17) is 9.84 Å². The standard InChI is InChI=1S/C12H25NO3/c1-2-10-16-11-6-9-13-8-5-3-4-7-12(14)15/h13H,2-11H2,1H3,(H,14,15). The van der Waals surface area contributed by atoms with Gasteiger partial charge in [0, 0.05) is 19.6 Å². The third kappa shape index (κ3) is 13.4. The Morgan fingerprint density at radius 3 is 2.56 bits per heavy atom. The highest BCUT2D eigenvalue weighted by Gasteiger charge is 1.95. The van der Waals surface area contributed by atoms with Crippen LogP contribution in [0.15, 0.2) is 0 Å². The minimum absolute atomic E-state index is 0.296. The van der Waals surface area contributed by atoms with Crippen molar-refractivity contribution in [2.24, 2.45) is 0 Å². The summed E-state index contributed by atoms with van der Waals surface area (Å²) in [4.78, 5) is 10.2. The van der Waals surface area contributed by atoms with Crippen molar-refractivity contribution in [1.29, 1.82) is 0 Å². The predicted octanol–water partition coefficient (Wildman–Crippen LogP) is 2.04. The largest absolute Gasteiger partial charge is 0.481 e. The quantitative estimate of drug-likeness (QED) is 0.505. The molecule has 16 heavy (non-hydrogen) atoms. The molecule has 0 fully saturated rings. The Hall–Kier alpha value is -0.610. The van der Waals surface area contributed by atoms with Crippen LogP contribution in [-0.2, 0) is 9.53 Å². The molecule has 0 aromatic carbocycles. The maximum Gasteiger partial charge on any atom is 0.303 e. The summed E-state index contributed by atoms with van der Waals surface area (Å²) in [6, 6.07) is 0. The number of hydrogen-bond donors (Lipinski definition) is 2. The van der Waals surface area contributed by atoms with E-state index in [9.17, 15) is 4.79 Å². The molecule has 0 unspecified atom stereocenters. The Bertz CT molecular complexity index is 162. The minimum atomic E-state index is -0.693. The topological polar surface area (TPSA) is 58.6 Å². The number of aliphatic carboxylic acids is 1. The van der Waals surface area contributed by atoms with Crippen molar-refractivity contribution >= 4 is 5.97 Å². The van der Waals surface area contributed by atoms with Crippen LogP contribution in [0.3, 0.4) is 0 Å². The molecule has 0 radical (unpaired) electrons. The number of ether oxygens (including phenoxy) is 1. The highest BCUT2D eigenvalue weighted by Crippen LogP contribution is 1.98. The highest BCUT2D eigenvalue weighted by atomic mass is 16.5. The molecule has 4 nitrogen and oxygen atoms in total. The molecule has 0 aromatic heterocycles. The first kappa shape index (κ1) is 15.4. The van der Waals surface area contributed by atoms with Crippen LogP contribution in [0.2, 0.25) is 0 Å². The second-order valence-corrected chi connectivity index (χ2v) is 3.92. The average molecular weight is 231 g/mol. The van der Waals surface area contributed by atoms with Crippen molar-refractivity contribution in [3.63, 3.8) is 0 Å². The second-order valence-electron chi connectivity index (χ2n) is 3.92. The number of rotatable bonds is 12. The molecule has 0 spiro atoms. The van der Waals surface area contributed by atoms with Gasteiger partial charge in [-0.2, -0.15) is 0 Å². The zero-order valence-electron chi connectivity index (χ0n) is 10.3. The van der Waals surface area contributed by atoms with E-state index >= 15 is 0 Å². The molecule has 4 heteroatoms. The molecule has 2 N–H and O–H groups in total. The van der Waals surface area contributed by atoms with Gasteiger partial charge < -0.3 is 15.2 Å². The summed E-state index contributed by atoms with van der Waals surface area (Å²) in [7, 11) is 0. The summed E-state index contributed by atoms with van der Waals surface area (Å²) in [5, 5.41) is 11.8. The second kappa shape index (κ2) is 12.5. The summed E-state index contributed by atoms with van der Waals surface area (Å²) in [6.45, 7) is 5.76. The summed E-state index contributed by atoms with van der Waals surface area (Å²) in [5.41, 5.74) is 0. The molecule has 0 aliphatic rings. The Labute approximate surface area is 98.4 Å². The molecule has 96 valence electrons. The van der Waals surface area contributed by atoms with Gasteiger partial charge in [-0.3, -0.25) is 4.79 Å². The van der Waals surface area contributed by atoms with Gasteiger partial charge in [0.25, 0.3) is 0 Å². The average Bonchev–Trinajstić information content (AvgIpc) is 2.25. The van der Waals surface area contributed by atoms with E-state index in [1.54, 1.807) is 0 Å². The zero-order valence-corrected chi connectivity index (χ0v) is 10.3. The molecule has 0 aliphatic heterocycles. The van der Waals surface area contributed by atoms with Gasteiger partial charge in [-0.1, -0.05) is 13.3 Å². The first-order chi connectivity index (χ1) is 7.77. The van der Waals surface area contributed by atoms with Crippen LogP contribution in [0, 0.1) is 0 Å². The first-order valence-corrected chi connectivity index (χ1v) is 6.27. The minimum Gasteiger partial charge on any atom is -0.481 e. The number of nitrogens with one attached hydrogen (secondary N) is 1. The SMILES string of the molecule is CCCOCCCNCCCCCC(=O)O. The molecule has 0 aromatic rings. The molecule has 0 atom stereocenters. The van der Waals surface area contributed by atoms with E-state index in [0.717, 1.165) is 58.4 Å². The van der Waals surface area contributed by atoms with Crippen LogP contribution in [0.5, 0.6) is 0 Å². The van der Waals surface area contributed by atoms with Crippen molar-refractivity contribution < 1.29 is 14.6 Å². The van der Waals surface area contributed by atoms with Gasteiger partial charge in [-0.05, 0) is 38.8 Å². The van der Waals surface area contributed by atoms with E-state index in [2.05, 4.69) is 12.2 Å². The number of carboxylic acids is 1.